The molecule has 0 aromatic heterocycles. The van der Waals surface area contributed by atoms with Gasteiger partial charge in [0.15, 0.2) is 6.61 Å². The van der Waals surface area contributed by atoms with Crippen LogP contribution in [0.2, 0.25) is 0 Å². The normalized spacial score (nSPS) is 10.2. The Labute approximate surface area is 157 Å². The van der Waals surface area contributed by atoms with Crippen molar-refractivity contribution >= 4 is 65.4 Å². The molecule has 2 aromatic carbocycles. The number of ether oxygens (including phenoxy) is 1. The van der Waals surface area contributed by atoms with Gasteiger partial charge in [-0.05, 0) is 52.3 Å². The maximum atomic E-state index is 12.0. The summed E-state index contributed by atoms with van der Waals surface area (Å²) in [7, 11) is 0. The molecule has 2 aromatic rings. The molecule has 0 aliphatic heterocycles. The van der Waals surface area contributed by atoms with Crippen molar-refractivity contribution in [2.45, 2.75) is 0 Å². The van der Waals surface area contributed by atoms with Crippen LogP contribution < -0.4 is 5.32 Å². The molecule has 0 saturated carbocycles. The summed E-state index contributed by atoms with van der Waals surface area (Å²) in [5.74, 6) is -1.52. The van der Waals surface area contributed by atoms with Crippen LogP contribution >= 0.6 is 47.8 Å². The Bertz CT molecular complexity index is 747. The molecule has 0 bridgehead atoms. The van der Waals surface area contributed by atoms with Crippen molar-refractivity contribution in [3.8, 4) is 5.75 Å². The van der Waals surface area contributed by atoms with Crippen molar-refractivity contribution < 1.29 is 19.4 Å². The molecule has 23 heavy (non-hydrogen) atoms. The largest absolute Gasteiger partial charge is 0.506 e. The van der Waals surface area contributed by atoms with E-state index in [0.717, 1.165) is 4.47 Å². The fraction of sp³-hybridized carbons (Fsp3) is 0.0667. The minimum Gasteiger partial charge on any atom is -0.506 e. The van der Waals surface area contributed by atoms with Crippen LogP contribution in [0.15, 0.2) is 49.8 Å². The van der Waals surface area contributed by atoms with Crippen molar-refractivity contribution in [3.63, 3.8) is 0 Å². The van der Waals surface area contributed by atoms with E-state index in [-0.39, 0.29) is 11.3 Å². The van der Waals surface area contributed by atoms with Gasteiger partial charge in [0, 0.05) is 14.6 Å². The number of nitrogens with one attached hydrogen (secondary N) is 1. The lowest BCUT2D eigenvalue weighted by atomic mass is 10.2. The monoisotopic (exact) mass is 505 g/mol. The molecule has 5 nitrogen and oxygen atoms in total. The summed E-state index contributed by atoms with van der Waals surface area (Å²) in [6.45, 7) is -0.460. The quantitative estimate of drug-likeness (QED) is 0.599. The molecule has 0 aliphatic rings. The van der Waals surface area contributed by atoms with Gasteiger partial charge in [-0.25, -0.2) is 4.79 Å². The second-order valence-electron chi connectivity index (χ2n) is 4.41. The van der Waals surface area contributed by atoms with Gasteiger partial charge in [0.1, 0.15) is 11.3 Å². The lowest BCUT2D eigenvalue weighted by Crippen LogP contribution is -2.21. The van der Waals surface area contributed by atoms with Gasteiger partial charge in [-0.1, -0.05) is 31.9 Å². The standard InChI is InChI=1S/C15H10Br3NO4/c16-8-1-3-10(4-2-8)19-13(20)7-23-15(22)11-5-9(17)6-12(18)14(11)21/h1-6,21H,7H2,(H,19,20). The van der Waals surface area contributed by atoms with Crippen LogP contribution in [0.4, 0.5) is 5.69 Å². The zero-order valence-electron chi connectivity index (χ0n) is 11.5. The first-order valence-corrected chi connectivity index (χ1v) is 8.65. The van der Waals surface area contributed by atoms with Gasteiger partial charge in [-0.15, -0.1) is 0 Å². The van der Waals surface area contributed by atoms with E-state index < -0.39 is 18.5 Å². The van der Waals surface area contributed by atoms with Gasteiger partial charge in [0.25, 0.3) is 5.91 Å². The third kappa shape index (κ3) is 5.05. The summed E-state index contributed by atoms with van der Waals surface area (Å²) >= 11 is 9.63. The zero-order valence-corrected chi connectivity index (χ0v) is 16.2. The van der Waals surface area contributed by atoms with Crippen LogP contribution in [0, 0.1) is 0 Å². The molecule has 120 valence electrons. The van der Waals surface area contributed by atoms with Crippen molar-refractivity contribution in [2.75, 3.05) is 11.9 Å². The molecule has 0 radical (unpaired) electrons. The van der Waals surface area contributed by atoms with E-state index in [4.69, 9.17) is 4.74 Å². The maximum Gasteiger partial charge on any atom is 0.342 e. The van der Waals surface area contributed by atoms with E-state index in [2.05, 4.69) is 53.1 Å². The molecule has 2 rings (SSSR count). The van der Waals surface area contributed by atoms with Crippen LogP contribution in [0.3, 0.4) is 0 Å². The molecule has 8 heteroatoms. The maximum absolute atomic E-state index is 12.0. The third-order valence-electron chi connectivity index (χ3n) is 2.71. The highest BCUT2D eigenvalue weighted by Gasteiger charge is 2.17. The average Bonchev–Trinajstić information content (AvgIpc) is 2.50. The van der Waals surface area contributed by atoms with E-state index in [9.17, 15) is 14.7 Å². The number of hydrogen-bond acceptors (Lipinski definition) is 4. The minimum atomic E-state index is -0.796. The summed E-state index contributed by atoms with van der Waals surface area (Å²) < 4.78 is 6.74. The van der Waals surface area contributed by atoms with Crippen LogP contribution in [0.1, 0.15) is 10.4 Å². The topological polar surface area (TPSA) is 75.6 Å². The number of carbonyl (C=O) groups is 2. The second kappa shape index (κ2) is 7.94. The number of rotatable bonds is 4. The molecule has 0 spiro atoms. The Kier molecular flexibility index (Phi) is 6.20. The Balaban J connectivity index is 1.96. The van der Waals surface area contributed by atoms with Crippen LogP contribution in [0.25, 0.3) is 0 Å². The summed E-state index contributed by atoms with van der Waals surface area (Å²) in [6, 6.07) is 9.97. The first-order valence-electron chi connectivity index (χ1n) is 6.27. The Hall–Kier alpha value is -1.38. The number of hydrogen-bond donors (Lipinski definition) is 2. The molecule has 2 N–H and O–H groups in total. The number of carbonyl (C=O) groups excluding carboxylic acids is 2. The molecule has 0 aliphatic carbocycles. The van der Waals surface area contributed by atoms with Crippen LogP contribution in [-0.2, 0) is 9.53 Å². The predicted molar refractivity (Wildman–Crippen MR) is 96.6 cm³/mol. The molecular formula is C15H10Br3NO4. The minimum absolute atomic E-state index is 0.0392. The number of amides is 1. The van der Waals surface area contributed by atoms with Crippen LogP contribution in [-0.4, -0.2) is 23.6 Å². The fourth-order valence-electron chi connectivity index (χ4n) is 1.66. The molecule has 0 fully saturated rings. The van der Waals surface area contributed by atoms with E-state index >= 15 is 0 Å². The van der Waals surface area contributed by atoms with Gasteiger partial charge in [0.05, 0.1) is 4.47 Å². The number of phenolic OH excluding ortho intramolecular Hbond substituents is 1. The van der Waals surface area contributed by atoms with E-state index in [1.807, 2.05) is 0 Å². The molecular weight excluding hydrogens is 498 g/mol. The number of esters is 1. The van der Waals surface area contributed by atoms with Crippen molar-refractivity contribution in [2.24, 2.45) is 0 Å². The molecule has 0 heterocycles. The molecule has 0 saturated heterocycles. The van der Waals surface area contributed by atoms with E-state index in [1.54, 1.807) is 30.3 Å². The van der Waals surface area contributed by atoms with Crippen molar-refractivity contribution in [1.82, 2.24) is 0 Å². The molecule has 0 unspecified atom stereocenters. The number of halogens is 3. The molecule has 1 amide bonds. The summed E-state index contributed by atoms with van der Waals surface area (Å²) in [5.41, 5.74) is 0.546. The smallest absolute Gasteiger partial charge is 0.342 e. The lowest BCUT2D eigenvalue weighted by Gasteiger charge is -2.09. The molecule has 0 atom stereocenters. The van der Waals surface area contributed by atoms with E-state index in [0.29, 0.717) is 14.6 Å². The average molecular weight is 508 g/mol. The van der Waals surface area contributed by atoms with Gasteiger partial charge in [-0.3, -0.25) is 4.79 Å². The van der Waals surface area contributed by atoms with Gasteiger partial charge < -0.3 is 15.2 Å². The van der Waals surface area contributed by atoms with Gasteiger partial charge in [0.2, 0.25) is 0 Å². The number of benzene rings is 2. The summed E-state index contributed by atoms with van der Waals surface area (Å²) in [4.78, 5) is 23.7. The first-order chi connectivity index (χ1) is 10.9. The third-order valence-corrected chi connectivity index (χ3v) is 4.30. The van der Waals surface area contributed by atoms with Crippen molar-refractivity contribution in [3.05, 3.63) is 55.4 Å². The van der Waals surface area contributed by atoms with Gasteiger partial charge >= 0.3 is 5.97 Å². The first kappa shape index (κ1) is 18.0. The highest BCUT2D eigenvalue weighted by Crippen LogP contribution is 2.32. The zero-order chi connectivity index (χ0) is 17.0. The highest BCUT2D eigenvalue weighted by atomic mass is 79.9. The van der Waals surface area contributed by atoms with Gasteiger partial charge in [-0.2, -0.15) is 0 Å². The van der Waals surface area contributed by atoms with Crippen molar-refractivity contribution in [1.29, 1.82) is 0 Å². The van der Waals surface area contributed by atoms with E-state index in [1.165, 1.54) is 6.07 Å². The Morgan fingerprint density at radius 2 is 1.70 bits per heavy atom. The summed E-state index contributed by atoms with van der Waals surface area (Å²) in [6.07, 6.45) is 0. The number of anilines is 1. The number of aromatic hydroxyl groups is 1. The SMILES string of the molecule is O=C(COC(=O)c1cc(Br)cc(Br)c1O)Nc1ccc(Br)cc1. The summed E-state index contributed by atoms with van der Waals surface area (Å²) in [5, 5.41) is 12.4. The predicted octanol–water partition coefficient (Wildman–Crippen LogP) is 4.48. The fourth-order valence-corrected chi connectivity index (χ4v) is 3.15. The lowest BCUT2D eigenvalue weighted by molar-refractivity contribution is -0.119. The Morgan fingerprint density at radius 1 is 1.04 bits per heavy atom. The van der Waals surface area contributed by atoms with Crippen LogP contribution in [0.5, 0.6) is 5.75 Å². The highest BCUT2D eigenvalue weighted by molar-refractivity contribution is 9.11. The number of phenols is 1. The Morgan fingerprint density at radius 3 is 2.35 bits per heavy atom. The second-order valence-corrected chi connectivity index (χ2v) is 7.10.